The molecule has 1 aliphatic carbocycles. The average Bonchev–Trinajstić information content (AvgIpc) is 2.68. The second kappa shape index (κ2) is 4.96. The maximum Gasteiger partial charge on any atom is 0.272 e. The van der Waals surface area contributed by atoms with Crippen molar-refractivity contribution in [2.24, 2.45) is 0 Å². The molecule has 1 atom stereocenters. The SMILES string of the molecule is CN(CP)C(=O)c1[nH]nc2c1CCCCC2=O. The van der Waals surface area contributed by atoms with E-state index in [4.69, 9.17) is 0 Å². The van der Waals surface area contributed by atoms with Crippen LogP contribution in [0.5, 0.6) is 0 Å². The van der Waals surface area contributed by atoms with E-state index < -0.39 is 0 Å². The normalized spacial score (nSPS) is 15.3. The average molecular weight is 253 g/mol. The van der Waals surface area contributed by atoms with Crippen LogP contribution in [-0.4, -0.2) is 40.1 Å². The molecule has 0 spiro atoms. The molecule has 0 aliphatic heterocycles. The number of hydrogen-bond donors (Lipinski definition) is 1. The van der Waals surface area contributed by atoms with Crippen LogP contribution in [0.3, 0.4) is 0 Å². The zero-order chi connectivity index (χ0) is 12.4. The van der Waals surface area contributed by atoms with Crippen LogP contribution >= 0.6 is 9.24 Å². The molecule has 17 heavy (non-hydrogen) atoms. The number of aromatic amines is 1. The van der Waals surface area contributed by atoms with Crippen molar-refractivity contribution in [1.82, 2.24) is 15.1 Å². The van der Waals surface area contributed by atoms with Crippen molar-refractivity contribution in [1.29, 1.82) is 0 Å². The highest BCUT2D eigenvalue weighted by Crippen LogP contribution is 2.22. The lowest BCUT2D eigenvalue weighted by Gasteiger charge is -2.13. The van der Waals surface area contributed by atoms with Crippen LogP contribution in [0.15, 0.2) is 0 Å². The number of amides is 1. The topological polar surface area (TPSA) is 66.1 Å². The Morgan fingerprint density at radius 3 is 2.88 bits per heavy atom. The van der Waals surface area contributed by atoms with Gasteiger partial charge in [-0.25, -0.2) is 0 Å². The highest BCUT2D eigenvalue weighted by Gasteiger charge is 2.26. The molecule has 1 aromatic heterocycles. The van der Waals surface area contributed by atoms with Crippen molar-refractivity contribution >= 4 is 20.9 Å². The van der Waals surface area contributed by atoms with Crippen molar-refractivity contribution in [3.8, 4) is 0 Å². The number of nitrogens with one attached hydrogen (secondary N) is 1. The zero-order valence-electron chi connectivity index (χ0n) is 9.82. The first-order valence-corrected chi connectivity index (χ1v) is 6.52. The molecule has 1 heterocycles. The molecule has 0 fully saturated rings. The minimum absolute atomic E-state index is 0.0429. The fourth-order valence-electron chi connectivity index (χ4n) is 2.00. The van der Waals surface area contributed by atoms with Crippen LogP contribution in [0.4, 0.5) is 0 Å². The van der Waals surface area contributed by atoms with Crippen LogP contribution in [-0.2, 0) is 6.42 Å². The summed E-state index contributed by atoms with van der Waals surface area (Å²) in [4.78, 5) is 25.4. The summed E-state index contributed by atoms with van der Waals surface area (Å²) < 4.78 is 0. The molecule has 0 saturated heterocycles. The molecule has 1 N–H and O–H groups in total. The third-order valence-corrected chi connectivity index (χ3v) is 3.59. The number of fused-ring (bicyclic) bond motifs is 1. The Bertz CT molecular complexity index is 456. The summed E-state index contributed by atoms with van der Waals surface area (Å²) in [5, 5.41) is 6.72. The lowest BCUT2D eigenvalue weighted by atomic mass is 10.1. The second-order valence-corrected chi connectivity index (χ2v) is 4.61. The number of H-pyrrole nitrogens is 1. The summed E-state index contributed by atoms with van der Waals surface area (Å²) in [6.07, 6.45) is 3.65. The Balaban J connectivity index is 2.37. The molecule has 1 amide bonds. The van der Waals surface area contributed by atoms with Gasteiger partial charge in [-0.1, -0.05) is 0 Å². The number of aromatic nitrogens is 2. The quantitative estimate of drug-likeness (QED) is 0.636. The van der Waals surface area contributed by atoms with Gasteiger partial charge in [-0.2, -0.15) is 5.10 Å². The van der Waals surface area contributed by atoms with Gasteiger partial charge in [0.05, 0.1) is 0 Å². The highest BCUT2D eigenvalue weighted by molar-refractivity contribution is 7.16. The Kier molecular flexibility index (Phi) is 3.57. The Morgan fingerprint density at radius 2 is 2.18 bits per heavy atom. The van der Waals surface area contributed by atoms with Crippen molar-refractivity contribution in [2.45, 2.75) is 25.7 Å². The predicted octanol–water partition coefficient (Wildman–Crippen LogP) is 1.22. The maximum absolute atomic E-state index is 12.1. The molecule has 1 unspecified atom stereocenters. The maximum atomic E-state index is 12.1. The van der Waals surface area contributed by atoms with Gasteiger partial charge in [0.15, 0.2) is 5.78 Å². The molecule has 92 valence electrons. The number of nitrogens with zero attached hydrogens (tertiary/aromatic N) is 2. The van der Waals surface area contributed by atoms with Gasteiger partial charge in [-0.15, -0.1) is 9.24 Å². The van der Waals surface area contributed by atoms with Gasteiger partial charge in [-0.05, 0) is 19.3 Å². The van der Waals surface area contributed by atoms with Crippen LogP contribution in [0.1, 0.15) is 45.8 Å². The van der Waals surface area contributed by atoms with Crippen molar-refractivity contribution < 1.29 is 9.59 Å². The van der Waals surface area contributed by atoms with E-state index in [9.17, 15) is 9.59 Å². The first-order valence-electron chi connectivity index (χ1n) is 5.71. The highest BCUT2D eigenvalue weighted by atomic mass is 31.0. The van der Waals surface area contributed by atoms with Crippen LogP contribution in [0.25, 0.3) is 0 Å². The Labute approximate surface area is 102 Å². The number of carbonyl (C=O) groups excluding carboxylic acids is 2. The smallest absolute Gasteiger partial charge is 0.272 e. The number of rotatable bonds is 2. The van der Waals surface area contributed by atoms with E-state index in [-0.39, 0.29) is 11.7 Å². The standard InChI is InChI=1S/C11H16N3O2P/c1-14(6-17)11(16)10-7-4-2-3-5-8(15)9(7)12-13-10/h2-6,17H2,1H3,(H,12,13). The second-order valence-electron chi connectivity index (χ2n) is 4.24. The summed E-state index contributed by atoms with van der Waals surface area (Å²) in [7, 11) is 4.22. The summed E-state index contributed by atoms with van der Waals surface area (Å²) in [5.41, 5.74) is 1.73. The first kappa shape index (κ1) is 12.2. The molecule has 0 radical (unpaired) electrons. The van der Waals surface area contributed by atoms with E-state index in [1.807, 2.05) is 0 Å². The monoisotopic (exact) mass is 253 g/mol. The summed E-state index contributed by atoms with van der Waals surface area (Å²) in [5.74, 6) is -0.0650. The summed E-state index contributed by atoms with van der Waals surface area (Å²) in [6, 6.07) is 0. The van der Waals surface area contributed by atoms with Gasteiger partial charge >= 0.3 is 0 Å². The van der Waals surface area contributed by atoms with E-state index in [0.29, 0.717) is 24.1 Å². The number of carbonyl (C=O) groups is 2. The number of hydrogen-bond acceptors (Lipinski definition) is 3. The van der Waals surface area contributed by atoms with Gasteiger partial charge in [-0.3, -0.25) is 14.7 Å². The van der Waals surface area contributed by atoms with E-state index >= 15 is 0 Å². The van der Waals surface area contributed by atoms with Gasteiger partial charge < -0.3 is 4.90 Å². The molecular formula is C11H16N3O2P. The van der Waals surface area contributed by atoms with Gasteiger partial charge in [0.1, 0.15) is 11.4 Å². The van der Waals surface area contributed by atoms with Gasteiger partial charge in [0.25, 0.3) is 5.91 Å². The number of ketones is 1. The molecule has 1 aliphatic rings. The van der Waals surface area contributed by atoms with Gasteiger partial charge in [0, 0.05) is 25.3 Å². The zero-order valence-corrected chi connectivity index (χ0v) is 11.0. The minimum atomic E-state index is -0.108. The number of Topliss-reactive ketones (excluding diaryl/α,β-unsaturated/α-hetero) is 1. The third kappa shape index (κ3) is 2.25. The molecular weight excluding hydrogens is 237 g/mol. The van der Waals surface area contributed by atoms with E-state index in [1.165, 1.54) is 0 Å². The van der Waals surface area contributed by atoms with E-state index in [2.05, 4.69) is 19.4 Å². The third-order valence-electron chi connectivity index (χ3n) is 3.05. The largest absolute Gasteiger partial charge is 0.337 e. The van der Waals surface area contributed by atoms with Crippen molar-refractivity contribution in [2.75, 3.05) is 13.3 Å². The molecule has 5 nitrogen and oxygen atoms in total. The molecule has 0 aromatic carbocycles. The van der Waals surface area contributed by atoms with E-state index in [0.717, 1.165) is 24.8 Å². The minimum Gasteiger partial charge on any atom is -0.337 e. The Morgan fingerprint density at radius 1 is 1.47 bits per heavy atom. The fourth-order valence-corrected chi connectivity index (χ4v) is 2.16. The molecule has 2 rings (SSSR count). The Hall–Kier alpha value is -1.22. The molecule has 6 heteroatoms. The van der Waals surface area contributed by atoms with Crippen LogP contribution < -0.4 is 0 Å². The molecule has 0 saturated carbocycles. The lowest BCUT2D eigenvalue weighted by molar-refractivity contribution is 0.0813. The summed E-state index contributed by atoms with van der Waals surface area (Å²) >= 11 is 0. The van der Waals surface area contributed by atoms with E-state index in [1.54, 1.807) is 11.9 Å². The predicted molar refractivity (Wildman–Crippen MR) is 67.1 cm³/mol. The van der Waals surface area contributed by atoms with Gasteiger partial charge in [0.2, 0.25) is 0 Å². The molecule has 1 aromatic rings. The summed E-state index contributed by atoms with van der Waals surface area (Å²) in [6.45, 7) is 0. The molecule has 0 bridgehead atoms. The van der Waals surface area contributed by atoms with Crippen molar-refractivity contribution in [3.05, 3.63) is 17.0 Å². The first-order chi connectivity index (χ1) is 8.15. The van der Waals surface area contributed by atoms with Crippen LogP contribution in [0.2, 0.25) is 0 Å². The fraction of sp³-hybridized carbons (Fsp3) is 0.545. The van der Waals surface area contributed by atoms with Crippen molar-refractivity contribution in [3.63, 3.8) is 0 Å². The van der Waals surface area contributed by atoms with Crippen LogP contribution in [0, 0.1) is 0 Å². The lowest BCUT2D eigenvalue weighted by Crippen LogP contribution is -2.26.